The van der Waals surface area contributed by atoms with E-state index in [1.807, 2.05) is 6.92 Å². The van der Waals surface area contributed by atoms with Crippen molar-refractivity contribution in [1.29, 1.82) is 0 Å². The molecule has 0 saturated carbocycles. The normalized spacial score (nSPS) is 13.2. The third kappa shape index (κ3) is 6.23. The van der Waals surface area contributed by atoms with Gasteiger partial charge >= 0.3 is 12.1 Å². The zero-order valence-electron chi connectivity index (χ0n) is 19.3. The van der Waals surface area contributed by atoms with Gasteiger partial charge in [0, 0.05) is 34.7 Å². The summed E-state index contributed by atoms with van der Waals surface area (Å²) in [5.41, 5.74) is 3.05. The number of nitrogens with zero attached hydrogens (tertiary/aromatic N) is 1. The predicted molar refractivity (Wildman–Crippen MR) is 139 cm³/mol. The van der Waals surface area contributed by atoms with Gasteiger partial charge in [-0.25, -0.2) is 9.59 Å². The minimum Gasteiger partial charge on any atom is -0.508 e. The lowest BCUT2D eigenvalue weighted by atomic mass is 10.1. The van der Waals surface area contributed by atoms with Gasteiger partial charge < -0.3 is 36.0 Å². The van der Waals surface area contributed by atoms with Crippen LogP contribution in [0.4, 0.5) is 38.0 Å². The van der Waals surface area contributed by atoms with Gasteiger partial charge in [0.1, 0.15) is 12.4 Å². The lowest BCUT2D eigenvalue weighted by Gasteiger charge is -2.28. The number of hydrogen-bond donors (Lipinski definition) is 5. The van der Waals surface area contributed by atoms with Crippen LogP contribution >= 0.6 is 11.6 Å². The summed E-state index contributed by atoms with van der Waals surface area (Å²) >= 11 is 5.86. The average Bonchev–Trinajstić information content (AvgIpc) is 2.83. The van der Waals surface area contributed by atoms with Gasteiger partial charge in [-0.1, -0.05) is 11.6 Å². The van der Waals surface area contributed by atoms with E-state index in [1.54, 1.807) is 47.4 Å². The van der Waals surface area contributed by atoms with Crippen LogP contribution < -0.4 is 26.2 Å². The molecule has 5 amide bonds. The number of ether oxygens (including phenoxy) is 1. The Bertz CT molecular complexity index is 1300. The van der Waals surface area contributed by atoms with Crippen molar-refractivity contribution in [2.24, 2.45) is 0 Å². The van der Waals surface area contributed by atoms with E-state index in [9.17, 15) is 19.5 Å². The molecule has 5 N–H and O–H groups in total. The molecule has 186 valence electrons. The number of carbonyl (C=O) groups is 3. The molecule has 11 heteroatoms. The fourth-order valence-corrected chi connectivity index (χ4v) is 3.78. The molecular weight excluding hydrogens is 486 g/mol. The summed E-state index contributed by atoms with van der Waals surface area (Å²) in [5, 5.41) is 21.1. The van der Waals surface area contributed by atoms with Crippen LogP contribution in [-0.4, -0.2) is 42.8 Å². The highest BCUT2D eigenvalue weighted by Crippen LogP contribution is 2.28. The number of nitrogens with one attached hydrogen (secondary N) is 4. The lowest BCUT2D eigenvalue weighted by molar-refractivity contribution is -0.125. The minimum atomic E-state index is -0.587. The van der Waals surface area contributed by atoms with Crippen LogP contribution in [0.1, 0.15) is 5.56 Å². The van der Waals surface area contributed by atoms with E-state index in [0.29, 0.717) is 29.5 Å². The van der Waals surface area contributed by atoms with E-state index >= 15 is 0 Å². The molecule has 3 aromatic carbocycles. The SMILES string of the molecule is Cc1cc(NC(=O)Nc2cc(O)ccc2NC(=O)Nc2ccc(Cl)cc2)ccc1N1CCOCC1=O. The summed E-state index contributed by atoms with van der Waals surface area (Å²) in [7, 11) is 0. The number of phenolic OH excluding ortho intramolecular Hbond substituents is 1. The van der Waals surface area contributed by atoms with E-state index in [-0.39, 0.29) is 29.6 Å². The second-order valence-corrected chi connectivity index (χ2v) is 8.43. The van der Waals surface area contributed by atoms with Gasteiger partial charge in [-0.2, -0.15) is 0 Å². The van der Waals surface area contributed by atoms with Crippen LogP contribution in [0.2, 0.25) is 5.02 Å². The highest BCUT2D eigenvalue weighted by molar-refractivity contribution is 6.30. The summed E-state index contributed by atoms with van der Waals surface area (Å²) in [6.07, 6.45) is 0. The maximum atomic E-state index is 12.7. The molecule has 0 bridgehead atoms. The average molecular weight is 510 g/mol. The van der Waals surface area contributed by atoms with Gasteiger partial charge in [0.2, 0.25) is 0 Å². The minimum absolute atomic E-state index is 0.0415. The molecule has 1 aliphatic heterocycles. The first-order chi connectivity index (χ1) is 17.3. The Balaban J connectivity index is 1.42. The number of benzene rings is 3. The number of carbonyl (C=O) groups excluding carboxylic acids is 3. The molecule has 0 spiro atoms. The maximum absolute atomic E-state index is 12.7. The summed E-state index contributed by atoms with van der Waals surface area (Å²) < 4.78 is 5.17. The molecule has 1 heterocycles. The van der Waals surface area contributed by atoms with E-state index in [1.165, 1.54) is 18.2 Å². The van der Waals surface area contributed by atoms with E-state index < -0.39 is 12.1 Å². The van der Waals surface area contributed by atoms with Gasteiger partial charge in [0.25, 0.3) is 5.91 Å². The van der Waals surface area contributed by atoms with E-state index in [4.69, 9.17) is 16.3 Å². The molecule has 0 unspecified atom stereocenters. The summed E-state index contributed by atoms with van der Waals surface area (Å²) in [6.45, 7) is 2.81. The lowest BCUT2D eigenvalue weighted by Crippen LogP contribution is -2.42. The zero-order chi connectivity index (χ0) is 25.7. The molecule has 0 aromatic heterocycles. The number of phenols is 1. The van der Waals surface area contributed by atoms with Crippen LogP contribution in [0.3, 0.4) is 0 Å². The first-order valence-corrected chi connectivity index (χ1v) is 11.4. The van der Waals surface area contributed by atoms with Crippen molar-refractivity contribution in [2.75, 3.05) is 45.9 Å². The topological polar surface area (TPSA) is 132 Å². The Morgan fingerprint density at radius 2 is 1.56 bits per heavy atom. The van der Waals surface area contributed by atoms with Crippen LogP contribution in [0, 0.1) is 6.92 Å². The molecule has 3 aromatic rings. The van der Waals surface area contributed by atoms with E-state index in [0.717, 1.165) is 11.3 Å². The predicted octanol–water partition coefficient (Wildman–Crippen LogP) is 5.01. The Morgan fingerprint density at radius 1 is 0.889 bits per heavy atom. The molecular formula is C25H24ClN5O5. The Kier molecular flexibility index (Phi) is 7.57. The van der Waals surface area contributed by atoms with Crippen molar-refractivity contribution in [1.82, 2.24) is 0 Å². The number of anilines is 5. The van der Waals surface area contributed by atoms with Gasteiger partial charge in [0.05, 0.1) is 18.0 Å². The molecule has 0 aliphatic carbocycles. The molecule has 0 atom stereocenters. The van der Waals surface area contributed by atoms with Gasteiger partial charge in [-0.3, -0.25) is 4.79 Å². The first kappa shape index (κ1) is 24.8. The second-order valence-electron chi connectivity index (χ2n) is 7.99. The highest BCUT2D eigenvalue weighted by Gasteiger charge is 2.21. The fraction of sp³-hybridized carbons (Fsp3) is 0.160. The molecule has 36 heavy (non-hydrogen) atoms. The largest absolute Gasteiger partial charge is 0.508 e. The standard InChI is InChI=1S/C25H24ClN5O5/c1-15-12-18(6-9-22(15)31-10-11-36-14-23(31)33)28-25(35)30-21-13-19(32)7-8-20(21)29-24(34)27-17-4-2-16(26)3-5-17/h2-9,12-13,32H,10-11,14H2,1H3,(H2,27,29,34)(H2,28,30,35). The number of aryl methyl sites for hydroxylation is 1. The van der Waals surface area contributed by atoms with Crippen molar-refractivity contribution in [2.45, 2.75) is 6.92 Å². The Hall–Kier alpha value is -4.28. The molecule has 0 radical (unpaired) electrons. The van der Waals surface area contributed by atoms with Crippen molar-refractivity contribution in [3.63, 3.8) is 0 Å². The van der Waals surface area contributed by atoms with E-state index in [2.05, 4.69) is 21.3 Å². The van der Waals surface area contributed by atoms with Crippen molar-refractivity contribution < 1.29 is 24.2 Å². The second kappa shape index (κ2) is 11.0. The number of rotatable bonds is 5. The Labute approximate surface area is 212 Å². The van der Waals surface area contributed by atoms with Crippen LogP contribution in [-0.2, 0) is 9.53 Å². The number of morpholine rings is 1. The molecule has 10 nitrogen and oxygen atoms in total. The molecule has 1 fully saturated rings. The molecule has 4 rings (SSSR count). The number of halogens is 1. The first-order valence-electron chi connectivity index (χ1n) is 11.0. The van der Waals surface area contributed by atoms with Gasteiger partial charge in [-0.15, -0.1) is 0 Å². The van der Waals surface area contributed by atoms with Crippen molar-refractivity contribution in [3.8, 4) is 5.75 Å². The molecule has 1 aliphatic rings. The highest BCUT2D eigenvalue weighted by atomic mass is 35.5. The number of urea groups is 2. The number of aromatic hydroxyl groups is 1. The summed E-state index contributed by atoms with van der Waals surface area (Å²) in [6, 6.07) is 14.8. The number of amides is 5. The summed E-state index contributed by atoms with van der Waals surface area (Å²) in [5.74, 6) is -0.212. The van der Waals surface area contributed by atoms with Crippen LogP contribution in [0.25, 0.3) is 0 Å². The third-order valence-electron chi connectivity index (χ3n) is 5.33. The summed E-state index contributed by atoms with van der Waals surface area (Å²) in [4.78, 5) is 38.9. The van der Waals surface area contributed by atoms with Gasteiger partial charge in [0.15, 0.2) is 0 Å². The quantitative estimate of drug-likeness (QED) is 0.309. The monoisotopic (exact) mass is 509 g/mol. The maximum Gasteiger partial charge on any atom is 0.323 e. The fourth-order valence-electron chi connectivity index (χ4n) is 3.66. The third-order valence-corrected chi connectivity index (χ3v) is 5.58. The van der Waals surface area contributed by atoms with Crippen LogP contribution in [0.15, 0.2) is 60.7 Å². The van der Waals surface area contributed by atoms with Crippen molar-refractivity contribution >= 4 is 58.0 Å². The number of hydrogen-bond acceptors (Lipinski definition) is 5. The Morgan fingerprint density at radius 3 is 2.25 bits per heavy atom. The zero-order valence-corrected chi connectivity index (χ0v) is 20.1. The van der Waals surface area contributed by atoms with Crippen LogP contribution in [0.5, 0.6) is 5.75 Å². The van der Waals surface area contributed by atoms with Gasteiger partial charge in [-0.05, 0) is 67.1 Å². The smallest absolute Gasteiger partial charge is 0.323 e. The van der Waals surface area contributed by atoms with Crippen molar-refractivity contribution in [3.05, 3.63) is 71.2 Å². The molecule has 1 saturated heterocycles.